The zero-order valence-electron chi connectivity index (χ0n) is 17.2. The molecule has 1 atom stereocenters. The number of hydrogen-bond donors (Lipinski definition) is 2. The van der Waals surface area contributed by atoms with Crippen LogP contribution in [-0.4, -0.2) is 64.8 Å². The number of phenolic OH excluding ortho intramolecular Hbond substituents is 1. The van der Waals surface area contributed by atoms with Crippen molar-refractivity contribution in [3.05, 3.63) is 47.9 Å². The smallest absolute Gasteiger partial charge is 0.407 e. The number of phenols is 1. The third-order valence-electron chi connectivity index (χ3n) is 6.16. The number of piperazine rings is 1. The second kappa shape index (κ2) is 7.26. The van der Waals surface area contributed by atoms with E-state index in [1.165, 1.54) is 24.2 Å². The van der Waals surface area contributed by atoms with E-state index in [9.17, 15) is 24.2 Å². The van der Waals surface area contributed by atoms with Crippen molar-refractivity contribution >= 4 is 34.3 Å². The highest BCUT2D eigenvalue weighted by Crippen LogP contribution is 2.45. The zero-order chi connectivity index (χ0) is 23.6. The van der Waals surface area contributed by atoms with Crippen LogP contribution >= 0.6 is 0 Å². The Balaban J connectivity index is 1.75. The lowest BCUT2D eigenvalue weighted by molar-refractivity contribution is -0.120. The summed E-state index contributed by atoms with van der Waals surface area (Å²) in [5, 5.41) is 19.4. The van der Waals surface area contributed by atoms with Gasteiger partial charge in [-0.25, -0.2) is 18.0 Å². The number of aromatic nitrogens is 1. The second-order valence-electron chi connectivity index (χ2n) is 7.90. The molecule has 170 valence electrons. The number of rotatable bonds is 1. The molecule has 0 saturated carbocycles. The summed E-state index contributed by atoms with van der Waals surface area (Å²) in [5.41, 5.74) is -0.991. The number of nitrogens with zero attached hydrogens (tertiary/aromatic N) is 4. The van der Waals surface area contributed by atoms with Crippen LogP contribution in [0.15, 0.2) is 30.5 Å². The third-order valence-corrected chi connectivity index (χ3v) is 6.16. The van der Waals surface area contributed by atoms with Gasteiger partial charge in [0.05, 0.1) is 35.2 Å². The molecule has 33 heavy (non-hydrogen) atoms. The predicted molar refractivity (Wildman–Crippen MR) is 113 cm³/mol. The molecule has 0 unspecified atom stereocenters. The van der Waals surface area contributed by atoms with Crippen LogP contribution in [0.25, 0.3) is 22.0 Å². The summed E-state index contributed by atoms with van der Waals surface area (Å²) in [4.78, 5) is 32.4. The molecule has 1 aromatic heterocycles. The van der Waals surface area contributed by atoms with Gasteiger partial charge in [-0.05, 0) is 18.2 Å². The number of pyridine rings is 1. The molecule has 3 aromatic rings. The lowest BCUT2D eigenvalue weighted by Crippen LogP contribution is -2.62. The van der Waals surface area contributed by atoms with Crippen molar-refractivity contribution < 1.29 is 33.0 Å². The van der Waals surface area contributed by atoms with E-state index >= 15 is 8.78 Å². The first-order chi connectivity index (χ1) is 15.7. The number of halogens is 3. The van der Waals surface area contributed by atoms with Gasteiger partial charge in [-0.2, -0.15) is 0 Å². The van der Waals surface area contributed by atoms with Gasteiger partial charge in [0.25, 0.3) is 5.91 Å². The van der Waals surface area contributed by atoms with E-state index in [0.717, 1.165) is 23.1 Å². The first-order valence-corrected chi connectivity index (χ1v) is 10.0. The summed E-state index contributed by atoms with van der Waals surface area (Å²) < 4.78 is 45.1. The van der Waals surface area contributed by atoms with E-state index in [2.05, 4.69) is 4.98 Å². The van der Waals surface area contributed by atoms with Crippen LogP contribution in [0.3, 0.4) is 0 Å². The minimum Gasteiger partial charge on any atom is -0.507 e. The molecule has 8 nitrogen and oxygen atoms in total. The fourth-order valence-corrected chi connectivity index (χ4v) is 4.55. The molecule has 2 aliphatic heterocycles. The Bertz CT molecular complexity index is 1330. The summed E-state index contributed by atoms with van der Waals surface area (Å²) in [6, 6.07) is 3.43. The number of likely N-dealkylation sites (N-methyl/N-ethyl adjacent to an activating group) is 1. The van der Waals surface area contributed by atoms with Crippen molar-refractivity contribution in [1.82, 2.24) is 9.88 Å². The van der Waals surface area contributed by atoms with E-state index < -0.39 is 46.5 Å². The standard InChI is InChI=1S/C22H17F3N4O4/c1-27-13-8-26-19-10(20(13)29-6-5-28(22(32)33)9-14(29)21(27)31)7-12(24)17(18(19)25)16-11(23)3-2-4-15(16)30/h2-4,7-8,14,30H,5-6,9H2,1H3,(H,32,33)/t14-/m1/s1. The first-order valence-electron chi connectivity index (χ1n) is 10.0. The summed E-state index contributed by atoms with van der Waals surface area (Å²) in [7, 11) is 1.48. The van der Waals surface area contributed by atoms with Crippen molar-refractivity contribution in [3.8, 4) is 16.9 Å². The molecule has 3 heterocycles. The second-order valence-corrected chi connectivity index (χ2v) is 7.90. The number of amides is 2. The SMILES string of the molecule is CN1C(=O)[C@H]2CN(C(=O)O)CCN2c2c1cnc1c(F)c(-c3c(O)cccc3F)c(F)cc21. The Kier molecular flexibility index (Phi) is 4.59. The predicted octanol–water partition coefficient (Wildman–Crippen LogP) is 3.17. The number of carbonyl (C=O) groups excluding carboxylic acids is 1. The number of carbonyl (C=O) groups is 2. The Labute approximate surface area is 185 Å². The van der Waals surface area contributed by atoms with Crippen LogP contribution < -0.4 is 9.80 Å². The van der Waals surface area contributed by atoms with Crippen LogP contribution in [0.1, 0.15) is 0 Å². The van der Waals surface area contributed by atoms with Gasteiger partial charge in [0, 0.05) is 25.5 Å². The molecule has 2 aromatic carbocycles. The Hall–Kier alpha value is -4.02. The first kappa shape index (κ1) is 20.9. The van der Waals surface area contributed by atoms with Crippen molar-refractivity contribution in [2.24, 2.45) is 0 Å². The number of carboxylic acid groups (broad SMARTS) is 1. The quantitative estimate of drug-likeness (QED) is 0.582. The van der Waals surface area contributed by atoms with Crippen LogP contribution in [0.2, 0.25) is 0 Å². The number of fused-ring (bicyclic) bond motifs is 5. The summed E-state index contributed by atoms with van der Waals surface area (Å²) >= 11 is 0. The number of hydrogen-bond acceptors (Lipinski definition) is 5. The Morgan fingerprint density at radius 1 is 1.15 bits per heavy atom. The number of anilines is 2. The van der Waals surface area contributed by atoms with E-state index in [1.807, 2.05) is 0 Å². The highest BCUT2D eigenvalue weighted by molar-refractivity contribution is 6.12. The highest BCUT2D eigenvalue weighted by Gasteiger charge is 2.42. The van der Waals surface area contributed by atoms with Crippen molar-refractivity contribution in [2.45, 2.75) is 6.04 Å². The summed E-state index contributed by atoms with van der Waals surface area (Å²) in [5.74, 6) is -4.27. The molecule has 0 bridgehead atoms. The van der Waals surface area contributed by atoms with E-state index in [-0.39, 0.29) is 36.4 Å². The maximum absolute atomic E-state index is 15.5. The summed E-state index contributed by atoms with van der Waals surface area (Å²) in [6.45, 7) is 0.119. The third kappa shape index (κ3) is 2.95. The fourth-order valence-electron chi connectivity index (χ4n) is 4.55. The van der Waals surface area contributed by atoms with Crippen LogP contribution in [-0.2, 0) is 4.79 Å². The normalized spacial score (nSPS) is 17.9. The topological polar surface area (TPSA) is 97.2 Å². The molecule has 2 amide bonds. The molecule has 5 rings (SSSR count). The number of aromatic hydroxyl groups is 1. The molecule has 0 spiro atoms. The molecule has 1 fully saturated rings. The average molecular weight is 458 g/mol. The molecule has 11 heteroatoms. The van der Waals surface area contributed by atoms with Gasteiger partial charge in [-0.15, -0.1) is 0 Å². The maximum Gasteiger partial charge on any atom is 0.407 e. The summed E-state index contributed by atoms with van der Waals surface area (Å²) in [6.07, 6.45) is 0.100. The minimum atomic E-state index is -1.16. The van der Waals surface area contributed by atoms with E-state index in [0.29, 0.717) is 11.4 Å². The number of benzene rings is 2. The van der Waals surface area contributed by atoms with Crippen molar-refractivity contribution in [2.75, 3.05) is 36.5 Å². The molecule has 2 aliphatic rings. The lowest BCUT2D eigenvalue weighted by atomic mass is 9.97. The van der Waals surface area contributed by atoms with Crippen LogP contribution in [0.4, 0.5) is 29.3 Å². The van der Waals surface area contributed by atoms with Gasteiger partial charge in [-0.3, -0.25) is 9.78 Å². The molecule has 2 N–H and O–H groups in total. The highest BCUT2D eigenvalue weighted by atomic mass is 19.1. The lowest BCUT2D eigenvalue weighted by Gasteiger charge is -2.46. The Morgan fingerprint density at radius 2 is 1.91 bits per heavy atom. The monoisotopic (exact) mass is 458 g/mol. The maximum atomic E-state index is 15.5. The van der Waals surface area contributed by atoms with Gasteiger partial charge >= 0.3 is 6.09 Å². The fraction of sp³-hybridized carbons (Fsp3) is 0.227. The zero-order valence-corrected chi connectivity index (χ0v) is 17.2. The average Bonchev–Trinajstić information content (AvgIpc) is 2.78. The molecular weight excluding hydrogens is 441 g/mol. The Morgan fingerprint density at radius 3 is 2.61 bits per heavy atom. The largest absolute Gasteiger partial charge is 0.507 e. The van der Waals surface area contributed by atoms with Crippen molar-refractivity contribution in [1.29, 1.82) is 0 Å². The van der Waals surface area contributed by atoms with Crippen molar-refractivity contribution in [3.63, 3.8) is 0 Å². The van der Waals surface area contributed by atoms with Crippen LogP contribution in [0, 0.1) is 17.5 Å². The van der Waals surface area contributed by atoms with Gasteiger partial charge in [-0.1, -0.05) is 6.07 Å². The van der Waals surface area contributed by atoms with E-state index in [1.54, 1.807) is 4.90 Å². The molecule has 0 radical (unpaired) electrons. The van der Waals surface area contributed by atoms with Gasteiger partial charge < -0.3 is 24.9 Å². The molecule has 0 aliphatic carbocycles. The van der Waals surface area contributed by atoms with Gasteiger partial charge in [0.1, 0.15) is 28.9 Å². The molecular formula is C22H17F3N4O4. The minimum absolute atomic E-state index is 0.0511. The van der Waals surface area contributed by atoms with Gasteiger partial charge in [0.15, 0.2) is 5.82 Å². The van der Waals surface area contributed by atoms with Gasteiger partial charge in [0.2, 0.25) is 0 Å². The van der Waals surface area contributed by atoms with E-state index in [4.69, 9.17) is 0 Å². The molecule has 1 saturated heterocycles. The van der Waals surface area contributed by atoms with Crippen LogP contribution in [0.5, 0.6) is 5.75 Å².